The SMILES string of the molecule is O=C(N1CCCC1C1CCCN1)C1(c2ccccc2)CC1. The zero-order valence-electron chi connectivity index (χ0n) is 12.6. The van der Waals surface area contributed by atoms with Crippen molar-refractivity contribution in [2.45, 2.75) is 56.0 Å². The number of carbonyl (C=O) groups excluding carboxylic acids is 1. The average Bonchev–Trinajstić information content (AvgIpc) is 2.95. The molecule has 0 aromatic heterocycles. The van der Waals surface area contributed by atoms with E-state index in [2.05, 4.69) is 34.5 Å². The molecule has 1 aromatic carbocycles. The van der Waals surface area contributed by atoms with Gasteiger partial charge in [0.25, 0.3) is 0 Å². The van der Waals surface area contributed by atoms with E-state index in [0.29, 0.717) is 18.0 Å². The molecular weight excluding hydrogens is 260 g/mol. The molecule has 2 heterocycles. The summed E-state index contributed by atoms with van der Waals surface area (Å²) in [5, 5.41) is 3.60. The van der Waals surface area contributed by atoms with Crippen LogP contribution in [0.4, 0.5) is 0 Å². The molecule has 1 aliphatic carbocycles. The minimum absolute atomic E-state index is 0.192. The lowest BCUT2D eigenvalue weighted by atomic mass is 9.93. The van der Waals surface area contributed by atoms with Gasteiger partial charge in [0, 0.05) is 18.6 Å². The van der Waals surface area contributed by atoms with Gasteiger partial charge in [-0.05, 0) is 50.6 Å². The Morgan fingerprint density at radius 3 is 2.62 bits per heavy atom. The first-order valence-corrected chi connectivity index (χ1v) is 8.41. The summed E-state index contributed by atoms with van der Waals surface area (Å²) in [5.41, 5.74) is 1.03. The molecule has 2 unspecified atom stereocenters. The largest absolute Gasteiger partial charge is 0.337 e. The molecule has 1 aromatic rings. The Balaban J connectivity index is 1.56. The second-order valence-corrected chi connectivity index (χ2v) is 6.86. The first-order chi connectivity index (χ1) is 10.3. The average molecular weight is 284 g/mol. The monoisotopic (exact) mass is 284 g/mol. The minimum atomic E-state index is -0.192. The molecule has 2 aliphatic heterocycles. The highest BCUT2D eigenvalue weighted by Gasteiger charge is 2.54. The maximum absolute atomic E-state index is 13.2. The number of rotatable bonds is 3. The summed E-state index contributed by atoms with van der Waals surface area (Å²) in [6.45, 7) is 2.07. The van der Waals surface area contributed by atoms with Crippen molar-refractivity contribution >= 4 is 5.91 Å². The highest BCUT2D eigenvalue weighted by Crippen LogP contribution is 2.50. The van der Waals surface area contributed by atoms with Gasteiger partial charge in [-0.2, -0.15) is 0 Å². The van der Waals surface area contributed by atoms with Crippen molar-refractivity contribution < 1.29 is 4.79 Å². The highest BCUT2D eigenvalue weighted by atomic mass is 16.2. The molecule has 3 heteroatoms. The number of likely N-dealkylation sites (tertiary alicyclic amines) is 1. The van der Waals surface area contributed by atoms with E-state index >= 15 is 0 Å². The fourth-order valence-electron chi connectivity index (χ4n) is 4.29. The van der Waals surface area contributed by atoms with Gasteiger partial charge in [-0.25, -0.2) is 0 Å². The van der Waals surface area contributed by atoms with Gasteiger partial charge < -0.3 is 10.2 Å². The number of amides is 1. The lowest BCUT2D eigenvalue weighted by Crippen LogP contribution is -2.49. The van der Waals surface area contributed by atoms with Gasteiger partial charge in [0.15, 0.2) is 0 Å². The quantitative estimate of drug-likeness (QED) is 0.925. The second kappa shape index (κ2) is 5.13. The molecule has 112 valence electrons. The first-order valence-electron chi connectivity index (χ1n) is 8.41. The van der Waals surface area contributed by atoms with Gasteiger partial charge in [0.05, 0.1) is 5.41 Å². The third-order valence-electron chi connectivity index (χ3n) is 5.61. The van der Waals surface area contributed by atoms with Crippen molar-refractivity contribution in [3.05, 3.63) is 35.9 Å². The Kier molecular flexibility index (Phi) is 3.26. The van der Waals surface area contributed by atoms with E-state index < -0.39 is 0 Å². The highest BCUT2D eigenvalue weighted by molar-refractivity contribution is 5.91. The molecule has 3 aliphatic rings. The number of nitrogens with zero attached hydrogens (tertiary/aromatic N) is 1. The fraction of sp³-hybridized carbons (Fsp3) is 0.611. The van der Waals surface area contributed by atoms with E-state index in [4.69, 9.17) is 0 Å². The Morgan fingerprint density at radius 2 is 1.95 bits per heavy atom. The smallest absolute Gasteiger partial charge is 0.233 e. The van der Waals surface area contributed by atoms with Gasteiger partial charge >= 0.3 is 0 Å². The number of hydrogen-bond acceptors (Lipinski definition) is 2. The van der Waals surface area contributed by atoms with Gasteiger partial charge in [-0.15, -0.1) is 0 Å². The molecule has 1 N–H and O–H groups in total. The summed E-state index contributed by atoms with van der Waals surface area (Å²) in [6, 6.07) is 11.4. The lowest BCUT2D eigenvalue weighted by Gasteiger charge is -2.32. The van der Waals surface area contributed by atoms with Gasteiger partial charge in [-0.1, -0.05) is 30.3 Å². The standard InChI is InChI=1S/C18H24N2O/c21-17(18(10-11-18)14-6-2-1-3-7-14)20-13-5-9-16(20)15-8-4-12-19-15/h1-3,6-7,15-16,19H,4-5,8-13H2. The molecule has 2 atom stereocenters. The normalized spacial score (nSPS) is 30.6. The predicted octanol–water partition coefficient (Wildman–Crippen LogP) is 2.46. The summed E-state index contributed by atoms with van der Waals surface area (Å²) in [7, 11) is 0. The zero-order chi connectivity index (χ0) is 14.3. The fourth-order valence-corrected chi connectivity index (χ4v) is 4.29. The van der Waals surface area contributed by atoms with Crippen LogP contribution < -0.4 is 5.32 Å². The molecule has 3 nitrogen and oxygen atoms in total. The summed E-state index contributed by atoms with van der Waals surface area (Å²) in [5.74, 6) is 0.393. The minimum Gasteiger partial charge on any atom is -0.337 e. The van der Waals surface area contributed by atoms with Crippen molar-refractivity contribution in [1.82, 2.24) is 10.2 Å². The Labute approximate surface area is 126 Å². The predicted molar refractivity (Wildman–Crippen MR) is 83.1 cm³/mol. The van der Waals surface area contributed by atoms with Crippen LogP contribution in [0.15, 0.2) is 30.3 Å². The van der Waals surface area contributed by atoms with E-state index in [1.807, 2.05) is 6.07 Å². The van der Waals surface area contributed by atoms with E-state index in [1.165, 1.54) is 31.2 Å². The van der Waals surface area contributed by atoms with E-state index in [-0.39, 0.29) is 5.41 Å². The van der Waals surface area contributed by atoms with Crippen molar-refractivity contribution in [2.24, 2.45) is 0 Å². The van der Waals surface area contributed by atoms with Crippen molar-refractivity contribution in [3.8, 4) is 0 Å². The maximum atomic E-state index is 13.2. The Bertz CT molecular complexity index is 517. The molecule has 0 radical (unpaired) electrons. The summed E-state index contributed by atoms with van der Waals surface area (Å²) >= 11 is 0. The van der Waals surface area contributed by atoms with E-state index in [0.717, 1.165) is 25.9 Å². The van der Waals surface area contributed by atoms with Crippen molar-refractivity contribution in [1.29, 1.82) is 0 Å². The molecule has 0 spiro atoms. The van der Waals surface area contributed by atoms with Crippen LogP contribution in [0.5, 0.6) is 0 Å². The van der Waals surface area contributed by atoms with Crippen LogP contribution in [0, 0.1) is 0 Å². The number of carbonyl (C=O) groups is 1. The third-order valence-corrected chi connectivity index (χ3v) is 5.61. The maximum Gasteiger partial charge on any atom is 0.233 e. The van der Waals surface area contributed by atoms with Gasteiger partial charge in [0.1, 0.15) is 0 Å². The number of hydrogen-bond donors (Lipinski definition) is 1. The second-order valence-electron chi connectivity index (χ2n) is 6.86. The van der Waals surface area contributed by atoms with Crippen LogP contribution in [0.1, 0.15) is 44.1 Å². The molecule has 3 fully saturated rings. The van der Waals surface area contributed by atoms with Gasteiger partial charge in [0.2, 0.25) is 5.91 Å². The van der Waals surface area contributed by atoms with Crippen molar-refractivity contribution in [3.63, 3.8) is 0 Å². The van der Waals surface area contributed by atoms with Crippen molar-refractivity contribution in [2.75, 3.05) is 13.1 Å². The molecular formula is C18H24N2O. The number of nitrogens with one attached hydrogen (secondary N) is 1. The van der Waals surface area contributed by atoms with Crippen LogP contribution in [0.3, 0.4) is 0 Å². The van der Waals surface area contributed by atoms with Crippen LogP contribution in [0.25, 0.3) is 0 Å². The molecule has 0 bridgehead atoms. The Hall–Kier alpha value is -1.35. The molecule has 1 amide bonds. The molecule has 4 rings (SSSR count). The molecule has 2 saturated heterocycles. The lowest BCUT2D eigenvalue weighted by molar-refractivity contribution is -0.135. The number of benzene rings is 1. The van der Waals surface area contributed by atoms with E-state index in [9.17, 15) is 4.79 Å². The first kappa shape index (κ1) is 13.3. The summed E-state index contributed by atoms with van der Waals surface area (Å²) in [4.78, 5) is 15.4. The Morgan fingerprint density at radius 1 is 1.14 bits per heavy atom. The van der Waals surface area contributed by atoms with Crippen LogP contribution in [-0.2, 0) is 10.2 Å². The topological polar surface area (TPSA) is 32.3 Å². The van der Waals surface area contributed by atoms with E-state index in [1.54, 1.807) is 0 Å². The molecule has 21 heavy (non-hydrogen) atoms. The zero-order valence-corrected chi connectivity index (χ0v) is 12.6. The van der Waals surface area contributed by atoms with Gasteiger partial charge in [-0.3, -0.25) is 4.79 Å². The van der Waals surface area contributed by atoms with Crippen LogP contribution in [-0.4, -0.2) is 36.0 Å². The summed E-state index contributed by atoms with van der Waals surface area (Å²) < 4.78 is 0. The molecule has 1 saturated carbocycles. The van der Waals surface area contributed by atoms with Crippen LogP contribution >= 0.6 is 0 Å². The summed E-state index contributed by atoms with van der Waals surface area (Å²) in [6.07, 6.45) is 6.88. The van der Waals surface area contributed by atoms with Crippen LogP contribution in [0.2, 0.25) is 0 Å². The third kappa shape index (κ3) is 2.18.